The minimum absolute atomic E-state index is 0.202. The summed E-state index contributed by atoms with van der Waals surface area (Å²) in [7, 11) is 0. The quantitative estimate of drug-likeness (QED) is 0.657. The van der Waals surface area contributed by atoms with Crippen LogP contribution in [0.1, 0.15) is 32.6 Å². The molecule has 1 unspecified atom stereocenters. The monoisotopic (exact) mass is 233 g/mol. The highest BCUT2D eigenvalue weighted by molar-refractivity contribution is 6.18. The maximum absolute atomic E-state index is 11.7. The number of amides is 1. The lowest BCUT2D eigenvalue weighted by Crippen LogP contribution is -2.32. The summed E-state index contributed by atoms with van der Waals surface area (Å²) in [5.41, 5.74) is 0. The van der Waals surface area contributed by atoms with Crippen LogP contribution >= 0.6 is 11.6 Å². The normalized spacial score (nSPS) is 20.5. The first kappa shape index (κ1) is 12.8. The Morgan fingerprint density at radius 3 is 2.93 bits per heavy atom. The molecule has 3 nitrogen and oxygen atoms in total. The summed E-state index contributed by atoms with van der Waals surface area (Å²) in [6.07, 6.45) is 4.00. The molecule has 0 saturated carbocycles. The largest absolute Gasteiger partial charge is 0.378 e. The summed E-state index contributed by atoms with van der Waals surface area (Å²) in [5, 5.41) is 0. The van der Waals surface area contributed by atoms with Gasteiger partial charge in [0.1, 0.15) is 0 Å². The number of hydrogen-bond acceptors (Lipinski definition) is 2. The van der Waals surface area contributed by atoms with Crippen LogP contribution in [0.5, 0.6) is 0 Å². The summed E-state index contributed by atoms with van der Waals surface area (Å²) >= 11 is 5.63. The number of carbonyl (C=O) groups excluding carboxylic acids is 1. The van der Waals surface area contributed by atoms with Crippen LogP contribution < -0.4 is 0 Å². The van der Waals surface area contributed by atoms with Gasteiger partial charge in [0.05, 0.1) is 6.10 Å². The molecule has 15 heavy (non-hydrogen) atoms. The van der Waals surface area contributed by atoms with Gasteiger partial charge in [-0.3, -0.25) is 4.79 Å². The Labute approximate surface area is 96.7 Å². The first-order valence-electron chi connectivity index (χ1n) is 5.73. The molecule has 0 aromatic heterocycles. The van der Waals surface area contributed by atoms with E-state index >= 15 is 0 Å². The molecule has 0 aliphatic carbocycles. The van der Waals surface area contributed by atoms with Gasteiger partial charge in [-0.05, 0) is 26.2 Å². The van der Waals surface area contributed by atoms with Crippen molar-refractivity contribution in [2.45, 2.75) is 38.7 Å². The molecule has 0 radical (unpaired) electrons. The van der Waals surface area contributed by atoms with E-state index in [4.69, 9.17) is 16.3 Å². The molecular weight excluding hydrogens is 214 g/mol. The summed E-state index contributed by atoms with van der Waals surface area (Å²) in [6, 6.07) is 0. The fourth-order valence-corrected chi connectivity index (χ4v) is 2.08. The van der Waals surface area contributed by atoms with Gasteiger partial charge in [-0.2, -0.15) is 0 Å². The first-order valence-corrected chi connectivity index (χ1v) is 6.26. The van der Waals surface area contributed by atoms with E-state index in [-0.39, 0.29) is 5.91 Å². The van der Waals surface area contributed by atoms with E-state index in [0.29, 0.717) is 24.9 Å². The fraction of sp³-hybridized carbons (Fsp3) is 0.909. The summed E-state index contributed by atoms with van der Waals surface area (Å²) < 4.78 is 5.48. The molecule has 1 amide bonds. The van der Waals surface area contributed by atoms with Crippen LogP contribution in [-0.2, 0) is 9.53 Å². The van der Waals surface area contributed by atoms with Gasteiger partial charge >= 0.3 is 0 Å². The van der Waals surface area contributed by atoms with Gasteiger partial charge in [-0.15, -0.1) is 11.6 Å². The number of ether oxygens (including phenoxy) is 1. The molecule has 1 heterocycles. The second-order valence-electron chi connectivity index (χ2n) is 3.84. The third-order valence-electron chi connectivity index (χ3n) is 2.79. The molecule has 1 saturated heterocycles. The molecule has 0 spiro atoms. The summed E-state index contributed by atoms with van der Waals surface area (Å²) in [5.74, 6) is 0.716. The van der Waals surface area contributed by atoms with Gasteiger partial charge in [0.25, 0.3) is 0 Å². The van der Waals surface area contributed by atoms with Crippen LogP contribution in [0, 0.1) is 0 Å². The molecule has 1 fully saturated rings. The molecule has 0 bridgehead atoms. The molecule has 1 aliphatic heterocycles. The van der Waals surface area contributed by atoms with Crippen LogP contribution in [0.15, 0.2) is 0 Å². The van der Waals surface area contributed by atoms with Crippen molar-refractivity contribution in [2.75, 3.05) is 25.6 Å². The maximum atomic E-state index is 11.7. The number of hydrogen-bond donors (Lipinski definition) is 0. The fourth-order valence-electron chi connectivity index (χ4n) is 1.88. The minimum Gasteiger partial charge on any atom is -0.378 e. The van der Waals surface area contributed by atoms with E-state index in [1.807, 2.05) is 11.8 Å². The molecule has 1 aliphatic rings. The maximum Gasteiger partial charge on any atom is 0.222 e. The zero-order valence-corrected chi connectivity index (χ0v) is 10.1. The number of carbonyl (C=O) groups is 1. The van der Waals surface area contributed by atoms with Gasteiger partial charge < -0.3 is 9.64 Å². The molecule has 1 atom stereocenters. The van der Waals surface area contributed by atoms with Gasteiger partial charge in [0.2, 0.25) is 5.91 Å². The smallest absolute Gasteiger partial charge is 0.222 e. The SMILES string of the molecule is CCN(CCCl)C(=O)CCC1CCCO1. The Morgan fingerprint density at radius 2 is 2.40 bits per heavy atom. The topological polar surface area (TPSA) is 29.5 Å². The van der Waals surface area contributed by atoms with E-state index in [9.17, 15) is 4.79 Å². The Balaban J connectivity index is 2.20. The highest BCUT2D eigenvalue weighted by Gasteiger charge is 2.18. The molecule has 0 aromatic rings. The van der Waals surface area contributed by atoms with Crippen molar-refractivity contribution < 1.29 is 9.53 Å². The lowest BCUT2D eigenvalue weighted by molar-refractivity contribution is -0.131. The molecule has 0 N–H and O–H groups in total. The third-order valence-corrected chi connectivity index (χ3v) is 2.96. The standard InChI is InChI=1S/C11H20ClNO2/c1-2-13(8-7-12)11(14)6-5-10-4-3-9-15-10/h10H,2-9H2,1H3. The van der Waals surface area contributed by atoms with Crippen LogP contribution in [0.2, 0.25) is 0 Å². The lowest BCUT2D eigenvalue weighted by Gasteiger charge is -2.20. The van der Waals surface area contributed by atoms with Crippen LogP contribution in [0.25, 0.3) is 0 Å². The van der Waals surface area contributed by atoms with Crippen LogP contribution in [0.4, 0.5) is 0 Å². The van der Waals surface area contributed by atoms with Crippen molar-refractivity contribution in [3.8, 4) is 0 Å². The number of nitrogens with zero attached hydrogens (tertiary/aromatic N) is 1. The highest BCUT2D eigenvalue weighted by Crippen LogP contribution is 2.17. The van der Waals surface area contributed by atoms with Crippen molar-refractivity contribution >= 4 is 17.5 Å². The average Bonchev–Trinajstić information content (AvgIpc) is 2.75. The van der Waals surface area contributed by atoms with Crippen molar-refractivity contribution in [3.63, 3.8) is 0 Å². The van der Waals surface area contributed by atoms with Crippen molar-refractivity contribution in [1.82, 2.24) is 4.90 Å². The van der Waals surface area contributed by atoms with Gasteiger partial charge in [-0.1, -0.05) is 0 Å². The zero-order valence-electron chi connectivity index (χ0n) is 9.38. The second-order valence-corrected chi connectivity index (χ2v) is 4.21. The molecule has 4 heteroatoms. The number of alkyl halides is 1. The Morgan fingerprint density at radius 1 is 1.60 bits per heavy atom. The lowest BCUT2D eigenvalue weighted by atomic mass is 10.1. The Kier molecular flexibility index (Phi) is 6.03. The van der Waals surface area contributed by atoms with E-state index in [2.05, 4.69) is 0 Å². The predicted octanol–water partition coefficient (Wildman–Crippen LogP) is 2.03. The van der Waals surface area contributed by atoms with Crippen LogP contribution in [-0.4, -0.2) is 42.5 Å². The summed E-state index contributed by atoms with van der Waals surface area (Å²) in [6.45, 7) is 4.24. The Bertz CT molecular complexity index is 193. The third kappa shape index (κ3) is 4.39. The van der Waals surface area contributed by atoms with Gasteiger partial charge in [0.15, 0.2) is 0 Å². The molecule has 88 valence electrons. The van der Waals surface area contributed by atoms with E-state index in [0.717, 1.165) is 32.4 Å². The first-order chi connectivity index (χ1) is 7.27. The zero-order chi connectivity index (χ0) is 11.1. The molecule has 1 rings (SSSR count). The number of rotatable bonds is 6. The summed E-state index contributed by atoms with van der Waals surface area (Å²) in [4.78, 5) is 13.5. The number of halogens is 1. The molecule has 0 aromatic carbocycles. The predicted molar refractivity (Wildman–Crippen MR) is 61.2 cm³/mol. The van der Waals surface area contributed by atoms with Gasteiger partial charge in [0, 0.05) is 32.0 Å². The second kappa shape index (κ2) is 7.07. The Hall–Kier alpha value is -0.280. The van der Waals surface area contributed by atoms with Crippen molar-refractivity contribution in [2.24, 2.45) is 0 Å². The van der Waals surface area contributed by atoms with E-state index in [1.54, 1.807) is 0 Å². The van der Waals surface area contributed by atoms with Crippen molar-refractivity contribution in [1.29, 1.82) is 0 Å². The van der Waals surface area contributed by atoms with E-state index < -0.39 is 0 Å². The highest BCUT2D eigenvalue weighted by atomic mass is 35.5. The van der Waals surface area contributed by atoms with Crippen molar-refractivity contribution in [3.05, 3.63) is 0 Å². The minimum atomic E-state index is 0.202. The van der Waals surface area contributed by atoms with Crippen LogP contribution in [0.3, 0.4) is 0 Å². The molecular formula is C11H20ClNO2. The van der Waals surface area contributed by atoms with Gasteiger partial charge in [-0.25, -0.2) is 0 Å². The average molecular weight is 234 g/mol. The van der Waals surface area contributed by atoms with E-state index in [1.165, 1.54) is 0 Å².